The van der Waals surface area contributed by atoms with Crippen LogP contribution in [0.15, 0.2) is 47.3 Å². The Kier molecular flexibility index (Phi) is 2.78. The second-order valence-electron chi connectivity index (χ2n) is 5.26. The number of halogens is 2. The van der Waals surface area contributed by atoms with E-state index < -0.39 is 11.6 Å². The molecule has 1 heterocycles. The highest BCUT2D eigenvalue weighted by molar-refractivity contribution is 7.20. The summed E-state index contributed by atoms with van der Waals surface area (Å²) in [5, 5.41) is 2.17. The van der Waals surface area contributed by atoms with Gasteiger partial charge < -0.3 is 0 Å². The molecule has 0 atom stereocenters. The monoisotopic (exact) mass is 312 g/mol. The van der Waals surface area contributed by atoms with Crippen molar-refractivity contribution < 1.29 is 8.78 Å². The molecule has 0 bridgehead atoms. The van der Waals surface area contributed by atoms with Gasteiger partial charge in [-0.15, -0.1) is 11.3 Å². The van der Waals surface area contributed by atoms with Crippen LogP contribution >= 0.6 is 11.3 Å². The predicted molar refractivity (Wildman–Crippen MR) is 87.8 cm³/mol. The summed E-state index contributed by atoms with van der Waals surface area (Å²) in [4.78, 5) is 13.7. The van der Waals surface area contributed by atoms with Crippen molar-refractivity contribution in [2.24, 2.45) is 0 Å². The lowest BCUT2D eigenvalue weighted by Gasteiger charge is -1.97. The molecule has 0 radical (unpaired) electrons. The number of aryl methyl sites for hydroxylation is 1. The third-order valence-electron chi connectivity index (χ3n) is 3.88. The first kappa shape index (κ1) is 13.3. The smallest absolute Gasteiger partial charge is 0.194 e. The number of hydrogen-bond donors (Lipinski definition) is 0. The minimum Gasteiger partial charge on any atom is -0.289 e. The number of rotatable bonds is 0. The van der Waals surface area contributed by atoms with Crippen LogP contribution < -0.4 is 5.43 Å². The molecule has 3 aromatic carbocycles. The molecule has 0 N–H and O–H groups in total. The van der Waals surface area contributed by atoms with Crippen LogP contribution in [0.2, 0.25) is 0 Å². The first-order chi connectivity index (χ1) is 10.6. The average Bonchev–Trinajstić information content (AvgIpc) is 2.86. The lowest BCUT2D eigenvalue weighted by atomic mass is 10.1. The molecule has 1 aromatic heterocycles. The molecule has 0 aliphatic rings. The van der Waals surface area contributed by atoms with Crippen LogP contribution in [0.1, 0.15) is 4.88 Å². The fourth-order valence-corrected chi connectivity index (χ4v) is 3.99. The van der Waals surface area contributed by atoms with Crippen LogP contribution in [0.25, 0.3) is 31.6 Å². The van der Waals surface area contributed by atoms with E-state index in [2.05, 4.69) is 0 Å². The molecule has 0 fully saturated rings. The molecule has 0 amide bonds. The Morgan fingerprint density at radius 3 is 2.41 bits per heavy atom. The third kappa shape index (κ3) is 1.70. The quantitative estimate of drug-likeness (QED) is 0.438. The van der Waals surface area contributed by atoms with Gasteiger partial charge in [0.2, 0.25) is 0 Å². The molecule has 22 heavy (non-hydrogen) atoms. The molecule has 0 unspecified atom stereocenters. The third-order valence-corrected chi connectivity index (χ3v) is 4.96. The van der Waals surface area contributed by atoms with Crippen molar-refractivity contribution in [2.45, 2.75) is 6.92 Å². The van der Waals surface area contributed by atoms with Gasteiger partial charge >= 0.3 is 0 Å². The minimum absolute atomic E-state index is 0.0700. The Hall–Kier alpha value is -2.33. The zero-order valence-electron chi connectivity index (χ0n) is 11.6. The Bertz CT molecular complexity index is 1130. The number of hydrogen-bond acceptors (Lipinski definition) is 2. The number of fused-ring (bicyclic) bond motifs is 5. The van der Waals surface area contributed by atoms with Gasteiger partial charge in [0.05, 0.1) is 0 Å². The Morgan fingerprint density at radius 1 is 0.909 bits per heavy atom. The topological polar surface area (TPSA) is 17.1 Å². The zero-order valence-corrected chi connectivity index (χ0v) is 12.4. The molecule has 0 saturated carbocycles. The average molecular weight is 312 g/mol. The second kappa shape index (κ2) is 4.58. The molecule has 108 valence electrons. The van der Waals surface area contributed by atoms with Crippen molar-refractivity contribution in [1.29, 1.82) is 0 Å². The van der Waals surface area contributed by atoms with Gasteiger partial charge in [-0.1, -0.05) is 24.3 Å². The van der Waals surface area contributed by atoms with Crippen LogP contribution in [0.3, 0.4) is 0 Å². The highest BCUT2D eigenvalue weighted by atomic mass is 32.1. The van der Waals surface area contributed by atoms with E-state index in [4.69, 9.17) is 0 Å². The minimum atomic E-state index is -0.960. The van der Waals surface area contributed by atoms with E-state index in [0.29, 0.717) is 10.8 Å². The largest absolute Gasteiger partial charge is 0.289 e. The van der Waals surface area contributed by atoms with E-state index in [1.165, 1.54) is 17.4 Å². The standard InChI is InChI=1S/C18H10F2OS/c1-9-8-13-15-12(6-7-14(19)16(15)20)17(21)10-4-2-3-5-11(10)18(13)22-9/h2-8H,1H3. The molecule has 4 heteroatoms. The van der Waals surface area contributed by atoms with Gasteiger partial charge in [-0.05, 0) is 25.1 Å². The van der Waals surface area contributed by atoms with Gasteiger partial charge in [-0.3, -0.25) is 4.79 Å². The molecule has 0 saturated heterocycles. The molecule has 0 aliphatic heterocycles. The van der Waals surface area contributed by atoms with Crippen LogP contribution in [0, 0.1) is 18.6 Å². The number of thiophene rings is 1. The van der Waals surface area contributed by atoms with Gasteiger partial charge in [0.15, 0.2) is 17.1 Å². The highest BCUT2D eigenvalue weighted by Crippen LogP contribution is 2.35. The second-order valence-corrected chi connectivity index (χ2v) is 6.51. The van der Waals surface area contributed by atoms with Gasteiger partial charge in [0.1, 0.15) is 0 Å². The molecular weight excluding hydrogens is 302 g/mol. The lowest BCUT2D eigenvalue weighted by Crippen LogP contribution is -1.99. The van der Waals surface area contributed by atoms with E-state index in [0.717, 1.165) is 21.0 Å². The molecule has 1 nitrogen and oxygen atoms in total. The summed E-state index contributed by atoms with van der Waals surface area (Å²) in [5.41, 5.74) is -0.273. The van der Waals surface area contributed by atoms with Gasteiger partial charge in [0.25, 0.3) is 0 Å². The fourth-order valence-electron chi connectivity index (χ4n) is 2.93. The van der Waals surface area contributed by atoms with Crippen LogP contribution in [0.4, 0.5) is 8.78 Å². The summed E-state index contributed by atoms with van der Waals surface area (Å²) in [5.74, 6) is -1.90. The highest BCUT2D eigenvalue weighted by Gasteiger charge is 2.16. The molecule has 4 aromatic rings. The van der Waals surface area contributed by atoms with Gasteiger partial charge in [-0.25, -0.2) is 8.78 Å². The number of benzene rings is 2. The molecule has 0 spiro atoms. The summed E-state index contributed by atoms with van der Waals surface area (Å²) in [7, 11) is 0. The maximum Gasteiger partial charge on any atom is 0.194 e. The van der Waals surface area contributed by atoms with Crippen molar-refractivity contribution in [3.8, 4) is 0 Å². The summed E-state index contributed by atoms with van der Waals surface area (Å²) in [6.45, 7) is 1.92. The van der Waals surface area contributed by atoms with Crippen molar-refractivity contribution >= 4 is 43.0 Å². The maximum absolute atomic E-state index is 14.4. The fraction of sp³-hybridized carbons (Fsp3) is 0.0556. The van der Waals surface area contributed by atoms with E-state index >= 15 is 0 Å². The molecular formula is C18H10F2OS. The first-order valence-electron chi connectivity index (χ1n) is 6.81. The summed E-state index contributed by atoms with van der Waals surface area (Å²) >= 11 is 1.49. The van der Waals surface area contributed by atoms with Crippen LogP contribution in [0.5, 0.6) is 0 Å². The Balaban J connectivity index is 2.53. The Labute approximate surface area is 128 Å². The van der Waals surface area contributed by atoms with E-state index in [1.54, 1.807) is 12.1 Å². The Morgan fingerprint density at radius 2 is 1.64 bits per heavy atom. The summed E-state index contributed by atoms with van der Waals surface area (Å²) in [6.07, 6.45) is 0. The molecule has 4 rings (SSSR count). The normalized spacial score (nSPS) is 11.6. The van der Waals surface area contributed by atoms with Gasteiger partial charge in [-0.2, -0.15) is 0 Å². The SMILES string of the molecule is Cc1cc2c(s1)c1ccccc1c(=O)c1ccc(F)c(F)c12. The van der Waals surface area contributed by atoms with E-state index in [-0.39, 0.29) is 16.2 Å². The van der Waals surface area contributed by atoms with Gasteiger partial charge in [0, 0.05) is 36.5 Å². The van der Waals surface area contributed by atoms with Crippen molar-refractivity contribution in [1.82, 2.24) is 0 Å². The van der Waals surface area contributed by atoms with Crippen molar-refractivity contribution in [2.75, 3.05) is 0 Å². The van der Waals surface area contributed by atoms with E-state index in [1.807, 2.05) is 25.1 Å². The maximum atomic E-state index is 14.4. The summed E-state index contributed by atoms with van der Waals surface area (Å²) < 4.78 is 28.9. The van der Waals surface area contributed by atoms with Crippen LogP contribution in [-0.2, 0) is 0 Å². The predicted octanol–water partition coefficient (Wildman–Crippen LogP) is 5.15. The zero-order chi connectivity index (χ0) is 15.4. The summed E-state index contributed by atoms with van der Waals surface area (Å²) in [6, 6.07) is 11.4. The molecule has 0 aliphatic carbocycles. The van der Waals surface area contributed by atoms with Crippen molar-refractivity contribution in [3.05, 3.63) is 69.2 Å². The van der Waals surface area contributed by atoms with E-state index in [9.17, 15) is 13.6 Å². The van der Waals surface area contributed by atoms with Crippen LogP contribution in [-0.4, -0.2) is 0 Å². The first-order valence-corrected chi connectivity index (χ1v) is 7.62. The lowest BCUT2D eigenvalue weighted by molar-refractivity contribution is 0.517. The van der Waals surface area contributed by atoms with Crippen molar-refractivity contribution in [3.63, 3.8) is 0 Å².